The number of hydrogen-bond donors (Lipinski definition) is 1. The molecule has 2 heterocycles. The van der Waals surface area contributed by atoms with Gasteiger partial charge in [0.15, 0.2) is 5.82 Å². The van der Waals surface area contributed by atoms with Gasteiger partial charge in [0, 0.05) is 31.2 Å². The van der Waals surface area contributed by atoms with Gasteiger partial charge in [0.05, 0.1) is 0 Å². The summed E-state index contributed by atoms with van der Waals surface area (Å²) < 4.78 is 10.5. The molecule has 164 valence electrons. The summed E-state index contributed by atoms with van der Waals surface area (Å²) in [6.45, 7) is 8.40. The lowest BCUT2D eigenvalue weighted by atomic mass is 9.62. The third-order valence-electron chi connectivity index (χ3n) is 6.38. The Bertz CT molecular complexity index is 1040. The van der Waals surface area contributed by atoms with E-state index in [0.29, 0.717) is 24.2 Å². The lowest BCUT2D eigenvalue weighted by molar-refractivity contribution is -0.127. The zero-order valence-electron chi connectivity index (χ0n) is 18.9. The van der Waals surface area contributed by atoms with Crippen LogP contribution < -0.4 is 0 Å². The highest BCUT2D eigenvalue weighted by molar-refractivity contribution is 5.56. The fraction of sp³-hybridized carbons (Fsp3) is 0.440. The molecular formula is C25H31N3O3. The Morgan fingerprint density at radius 1 is 1.16 bits per heavy atom. The molecule has 0 spiro atoms. The van der Waals surface area contributed by atoms with Crippen LogP contribution in [0, 0.1) is 5.41 Å². The van der Waals surface area contributed by atoms with E-state index in [1.807, 2.05) is 24.3 Å². The van der Waals surface area contributed by atoms with E-state index >= 15 is 0 Å². The van der Waals surface area contributed by atoms with Gasteiger partial charge >= 0.3 is 0 Å². The van der Waals surface area contributed by atoms with Crippen LogP contribution in [0.4, 0.5) is 0 Å². The number of ether oxygens (including phenoxy) is 1. The minimum absolute atomic E-state index is 0.291. The van der Waals surface area contributed by atoms with Crippen molar-refractivity contribution < 1.29 is 14.4 Å². The van der Waals surface area contributed by atoms with Crippen molar-refractivity contribution in [2.24, 2.45) is 5.41 Å². The molecule has 0 unspecified atom stereocenters. The first-order chi connectivity index (χ1) is 14.8. The highest BCUT2D eigenvalue weighted by Crippen LogP contribution is 2.50. The molecule has 0 saturated carbocycles. The largest absolute Gasteiger partial charge is 0.380 e. The molecule has 0 amide bonds. The van der Waals surface area contributed by atoms with E-state index in [4.69, 9.17) is 9.26 Å². The van der Waals surface area contributed by atoms with Gasteiger partial charge in [0.1, 0.15) is 12.2 Å². The molecule has 1 atom stereocenters. The van der Waals surface area contributed by atoms with Crippen LogP contribution >= 0.6 is 0 Å². The zero-order valence-corrected chi connectivity index (χ0v) is 18.9. The Labute approximate surface area is 183 Å². The fourth-order valence-corrected chi connectivity index (χ4v) is 4.78. The van der Waals surface area contributed by atoms with Gasteiger partial charge in [-0.2, -0.15) is 4.98 Å². The summed E-state index contributed by atoms with van der Waals surface area (Å²) in [7, 11) is 3.67. The van der Waals surface area contributed by atoms with Gasteiger partial charge in [-0.1, -0.05) is 62.3 Å². The van der Waals surface area contributed by atoms with E-state index in [0.717, 1.165) is 29.8 Å². The van der Waals surface area contributed by atoms with Crippen molar-refractivity contribution in [1.82, 2.24) is 15.0 Å². The van der Waals surface area contributed by atoms with Crippen molar-refractivity contribution in [1.29, 1.82) is 0 Å². The van der Waals surface area contributed by atoms with Gasteiger partial charge in [-0.3, -0.25) is 0 Å². The first kappa shape index (κ1) is 21.7. The summed E-state index contributed by atoms with van der Waals surface area (Å²) in [5.41, 5.74) is 2.28. The number of aromatic nitrogens is 2. The van der Waals surface area contributed by atoms with Gasteiger partial charge in [-0.05, 0) is 41.8 Å². The Balaban J connectivity index is 1.79. The number of benzene rings is 2. The second-order valence-electron chi connectivity index (χ2n) is 9.25. The number of aliphatic hydroxyl groups is 1. The highest BCUT2D eigenvalue weighted by Gasteiger charge is 2.55. The average Bonchev–Trinajstić information content (AvgIpc) is 3.21. The molecule has 2 aromatic carbocycles. The second kappa shape index (κ2) is 8.19. The number of hydrogen-bond acceptors (Lipinski definition) is 6. The van der Waals surface area contributed by atoms with Crippen LogP contribution in [0.1, 0.15) is 49.2 Å². The number of rotatable bonds is 7. The first-order valence-corrected chi connectivity index (χ1v) is 10.7. The standard InChI is InChI=1S/C25H31N3O3/c1-17(2)18-9-11-20(12-10-18)25(29,24(3)15-28(4)16-24)21-8-6-7-19(13-21)23-26-22(14-30-5)27-31-23/h6-13,17,29H,14-16H2,1-5H3/t25-/m0/s1. The lowest BCUT2D eigenvalue weighted by Gasteiger charge is -2.56. The number of likely N-dealkylation sites (tertiary alicyclic amines) is 1. The smallest absolute Gasteiger partial charge is 0.258 e. The Kier molecular flexibility index (Phi) is 5.73. The third-order valence-corrected chi connectivity index (χ3v) is 6.38. The second-order valence-corrected chi connectivity index (χ2v) is 9.25. The molecule has 0 aliphatic carbocycles. The summed E-state index contributed by atoms with van der Waals surface area (Å²) >= 11 is 0. The minimum Gasteiger partial charge on any atom is -0.380 e. The predicted octanol–water partition coefficient (Wildman–Crippen LogP) is 4.19. The fourth-order valence-electron chi connectivity index (χ4n) is 4.78. The summed E-state index contributed by atoms with van der Waals surface area (Å²) in [6, 6.07) is 16.2. The van der Waals surface area contributed by atoms with Gasteiger partial charge < -0.3 is 19.3 Å². The summed E-state index contributed by atoms with van der Waals surface area (Å²) in [5, 5.41) is 16.3. The molecule has 1 N–H and O–H groups in total. The quantitative estimate of drug-likeness (QED) is 0.617. The van der Waals surface area contributed by atoms with E-state index in [9.17, 15) is 5.11 Å². The van der Waals surface area contributed by atoms with Crippen molar-refractivity contribution in [3.63, 3.8) is 0 Å². The minimum atomic E-state index is -1.15. The molecule has 1 saturated heterocycles. The third kappa shape index (κ3) is 3.80. The van der Waals surface area contributed by atoms with E-state index in [1.54, 1.807) is 7.11 Å². The summed E-state index contributed by atoms with van der Waals surface area (Å²) in [4.78, 5) is 6.64. The summed E-state index contributed by atoms with van der Waals surface area (Å²) in [5.74, 6) is 1.35. The molecular weight excluding hydrogens is 390 g/mol. The average molecular weight is 422 g/mol. The van der Waals surface area contributed by atoms with E-state index in [2.05, 4.69) is 67.1 Å². The van der Waals surface area contributed by atoms with Crippen molar-refractivity contribution >= 4 is 0 Å². The van der Waals surface area contributed by atoms with Crippen LogP contribution in [0.3, 0.4) is 0 Å². The molecule has 3 aromatic rings. The molecule has 31 heavy (non-hydrogen) atoms. The lowest BCUT2D eigenvalue weighted by Crippen LogP contribution is -2.63. The molecule has 1 fully saturated rings. The molecule has 1 aromatic heterocycles. The maximum atomic E-state index is 12.3. The Hall–Kier alpha value is -2.54. The normalized spacial score (nSPS) is 18.0. The Morgan fingerprint density at radius 3 is 2.48 bits per heavy atom. The van der Waals surface area contributed by atoms with Gasteiger partial charge in [0.25, 0.3) is 5.89 Å². The Morgan fingerprint density at radius 2 is 1.87 bits per heavy atom. The molecule has 6 nitrogen and oxygen atoms in total. The maximum Gasteiger partial charge on any atom is 0.258 e. The van der Waals surface area contributed by atoms with E-state index in [-0.39, 0.29) is 5.41 Å². The number of nitrogens with zero attached hydrogens (tertiary/aromatic N) is 3. The van der Waals surface area contributed by atoms with Gasteiger partial charge in [-0.25, -0.2) is 0 Å². The molecule has 1 aliphatic heterocycles. The van der Waals surface area contributed by atoms with E-state index < -0.39 is 5.60 Å². The molecule has 0 bridgehead atoms. The van der Waals surface area contributed by atoms with Crippen LogP contribution in [0.25, 0.3) is 11.5 Å². The highest BCUT2D eigenvalue weighted by atomic mass is 16.5. The van der Waals surface area contributed by atoms with Crippen molar-refractivity contribution in [3.8, 4) is 11.5 Å². The monoisotopic (exact) mass is 421 g/mol. The van der Waals surface area contributed by atoms with Crippen LogP contribution in [0.2, 0.25) is 0 Å². The van der Waals surface area contributed by atoms with Crippen LogP contribution in [0.5, 0.6) is 0 Å². The first-order valence-electron chi connectivity index (χ1n) is 10.7. The van der Waals surface area contributed by atoms with Gasteiger partial charge in [-0.15, -0.1) is 0 Å². The number of methoxy groups -OCH3 is 1. The van der Waals surface area contributed by atoms with Crippen molar-refractivity contribution in [2.45, 2.75) is 38.9 Å². The van der Waals surface area contributed by atoms with E-state index in [1.165, 1.54) is 5.56 Å². The molecule has 1 aliphatic rings. The topological polar surface area (TPSA) is 71.6 Å². The molecule has 4 rings (SSSR count). The zero-order chi connectivity index (χ0) is 22.2. The van der Waals surface area contributed by atoms with Crippen LogP contribution in [-0.2, 0) is 16.9 Å². The van der Waals surface area contributed by atoms with Crippen LogP contribution in [0.15, 0.2) is 53.1 Å². The molecule has 0 radical (unpaired) electrons. The van der Waals surface area contributed by atoms with Crippen molar-refractivity contribution in [3.05, 3.63) is 71.0 Å². The van der Waals surface area contributed by atoms with Crippen LogP contribution in [-0.4, -0.2) is 47.4 Å². The maximum absolute atomic E-state index is 12.3. The predicted molar refractivity (Wildman–Crippen MR) is 120 cm³/mol. The SMILES string of the molecule is COCc1noc(-c2cccc([C@@](O)(c3ccc(C(C)C)cc3)C3(C)CN(C)C3)c2)n1. The summed E-state index contributed by atoms with van der Waals surface area (Å²) in [6.07, 6.45) is 0. The van der Waals surface area contributed by atoms with Gasteiger partial charge in [0.2, 0.25) is 0 Å². The molecule has 6 heteroatoms. The van der Waals surface area contributed by atoms with Crippen molar-refractivity contribution in [2.75, 3.05) is 27.2 Å².